The van der Waals surface area contributed by atoms with Crippen LogP contribution in [0, 0.1) is 0 Å². The molecule has 15 heteroatoms. The predicted molar refractivity (Wildman–Crippen MR) is 122 cm³/mol. The van der Waals surface area contributed by atoms with Crippen LogP contribution in [0.15, 0.2) is 12.5 Å². The van der Waals surface area contributed by atoms with Crippen LogP contribution in [-0.2, 0) is 30.4 Å². The number of nitrogens with zero attached hydrogens (tertiary/aromatic N) is 1. The Labute approximate surface area is 200 Å². The second kappa shape index (κ2) is 14.9. The lowest BCUT2D eigenvalue weighted by molar-refractivity contribution is -0.143. The second-order valence-corrected chi connectivity index (χ2v) is 8.36. The number of H-pyrrole nitrogens is 1. The third-order valence-electron chi connectivity index (χ3n) is 4.69. The van der Waals surface area contributed by atoms with Crippen LogP contribution in [0.25, 0.3) is 0 Å². The van der Waals surface area contributed by atoms with Crippen LogP contribution in [0.5, 0.6) is 0 Å². The number of nitrogens with one attached hydrogen (secondary N) is 4. The molecule has 4 atom stereocenters. The summed E-state index contributed by atoms with van der Waals surface area (Å²) in [5.74, 6) is -3.84. The van der Waals surface area contributed by atoms with Gasteiger partial charge in [-0.1, -0.05) is 0 Å². The molecular formula is C19H31N7O7S. The first-order chi connectivity index (χ1) is 16.1. The van der Waals surface area contributed by atoms with Crippen molar-refractivity contribution in [3.8, 4) is 0 Å². The number of hydrogen-bond acceptors (Lipinski definition) is 9. The minimum absolute atomic E-state index is 0.0982. The van der Waals surface area contributed by atoms with Gasteiger partial charge in [-0.05, 0) is 24.9 Å². The molecule has 1 rings (SSSR count). The number of hydrogen-bond donors (Lipinski definition) is 8. The average molecular weight is 502 g/mol. The number of aromatic nitrogens is 2. The highest BCUT2D eigenvalue weighted by atomic mass is 32.2. The van der Waals surface area contributed by atoms with Gasteiger partial charge in [-0.3, -0.25) is 19.2 Å². The molecule has 14 nitrogen and oxygen atoms in total. The topological polar surface area (TPSA) is 243 Å². The molecule has 1 heterocycles. The number of imidazole rings is 1. The molecule has 0 spiro atoms. The van der Waals surface area contributed by atoms with Crippen molar-refractivity contribution in [1.82, 2.24) is 25.9 Å². The molecular weight excluding hydrogens is 470 g/mol. The Morgan fingerprint density at radius 2 is 1.68 bits per heavy atom. The van der Waals surface area contributed by atoms with Gasteiger partial charge in [-0.15, -0.1) is 0 Å². The van der Waals surface area contributed by atoms with Crippen molar-refractivity contribution in [2.45, 2.75) is 49.9 Å². The number of aliphatic hydroxyl groups is 1. The zero-order valence-corrected chi connectivity index (χ0v) is 19.5. The summed E-state index contributed by atoms with van der Waals surface area (Å²) in [6.45, 7) is -0.864. The first-order valence-corrected chi connectivity index (χ1v) is 11.7. The lowest BCUT2D eigenvalue weighted by Crippen LogP contribution is -2.58. The molecule has 0 bridgehead atoms. The van der Waals surface area contributed by atoms with E-state index in [2.05, 4.69) is 25.9 Å². The number of carbonyl (C=O) groups is 5. The van der Waals surface area contributed by atoms with Gasteiger partial charge in [0.2, 0.25) is 23.6 Å². The monoisotopic (exact) mass is 501 g/mol. The molecule has 0 fully saturated rings. The van der Waals surface area contributed by atoms with E-state index in [1.807, 2.05) is 6.26 Å². The van der Waals surface area contributed by atoms with Crippen molar-refractivity contribution in [3.63, 3.8) is 0 Å². The molecule has 4 amide bonds. The summed E-state index contributed by atoms with van der Waals surface area (Å²) in [6.07, 6.45) is 4.51. The number of nitrogens with two attached hydrogens (primary N) is 2. The fraction of sp³-hybridized carbons (Fsp3) is 0.579. The molecule has 4 unspecified atom stereocenters. The highest BCUT2D eigenvalue weighted by Crippen LogP contribution is 2.05. The molecule has 0 saturated heterocycles. The lowest BCUT2D eigenvalue weighted by Gasteiger charge is -2.24. The smallest absolute Gasteiger partial charge is 0.328 e. The van der Waals surface area contributed by atoms with Crippen molar-refractivity contribution >= 4 is 41.4 Å². The average Bonchev–Trinajstić information content (AvgIpc) is 3.30. The summed E-state index contributed by atoms with van der Waals surface area (Å²) in [6, 6.07) is -5.00. The fourth-order valence-corrected chi connectivity index (χ4v) is 3.26. The largest absolute Gasteiger partial charge is 0.480 e. The first kappa shape index (κ1) is 28.9. The molecule has 10 N–H and O–H groups in total. The molecule has 0 radical (unpaired) electrons. The van der Waals surface area contributed by atoms with E-state index >= 15 is 0 Å². The minimum atomic E-state index is -1.59. The quantitative estimate of drug-likeness (QED) is 0.113. The molecule has 0 aromatic carbocycles. The van der Waals surface area contributed by atoms with Crippen LogP contribution in [0.2, 0.25) is 0 Å². The Balaban J connectivity index is 3.02. The maximum absolute atomic E-state index is 13.0. The van der Waals surface area contributed by atoms with Gasteiger partial charge in [0.15, 0.2) is 0 Å². The zero-order chi connectivity index (χ0) is 25.7. The normalized spacial score (nSPS) is 14.3. The van der Waals surface area contributed by atoms with Gasteiger partial charge in [0.1, 0.15) is 18.1 Å². The number of carboxylic acid groups (broad SMARTS) is 1. The number of thioether (sulfide) groups is 1. The van der Waals surface area contributed by atoms with Gasteiger partial charge in [-0.2, -0.15) is 11.8 Å². The highest BCUT2D eigenvalue weighted by Gasteiger charge is 2.30. The van der Waals surface area contributed by atoms with Crippen molar-refractivity contribution in [2.75, 3.05) is 18.6 Å². The van der Waals surface area contributed by atoms with Crippen LogP contribution >= 0.6 is 11.8 Å². The lowest BCUT2D eigenvalue weighted by atomic mass is 10.1. The molecule has 0 aliphatic carbocycles. The summed E-state index contributed by atoms with van der Waals surface area (Å²) in [5.41, 5.74) is 11.5. The van der Waals surface area contributed by atoms with Gasteiger partial charge in [0, 0.05) is 24.7 Å². The van der Waals surface area contributed by atoms with E-state index < -0.39 is 60.4 Å². The van der Waals surface area contributed by atoms with E-state index in [4.69, 9.17) is 16.6 Å². The first-order valence-electron chi connectivity index (χ1n) is 10.3. The number of carbonyl (C=O) groups excluding carboxylic acids is 4. The number of aromatic amines is 1. The van der Waals surface area contributed by atoms with Crippen molar-refractivity contribution < 1.29 is 34.2 Å². The summed E-state index contributed by atoms with van der Waals surface area (Å²) in [7, 11) is 0. The number of aliphatic carboxylic acids is 1. The third kappa shape index (κ3) is 10.2. The number of rotatable bonds is 16. The van der Waals surface area contributed by atoms with E-state index in [9.17, 15) is 29.1 Å². The maximum atomic E-state index is 13.0. The Kier molecular flexibility index (Phi) is 12.6. The van der Waals surface area contributed by atoms with Gasteiger partial charge in [0.05, 0.1) is 19.0 Å². The molecule has 0 aliphatic heterocycles. The van der Waals surface area contributed by atoms with Gasteiger partial charge in [0.25, 0.3) is 0 Å². The summed E-state index contributed by atoms with van der Waals surface area (Å²) in [4.78, 5) is 67.1. The van der Waals surface area contributed by atoms with Crippen LogP contribution in [0.4, 0.5) is 0 Å². The Bertz CT molecular complexity index is 837. The zero-order valence-electron chi connectivity index (χ0n) is 18.7. The van der Waals surface area contributed by atoms with Crippen LogP contribution in [0.3, 0.4) is 0 Å². The predicted octanol–water partition coefficient (Wildman–Crippen LogP) is -3.17. The highest BCUT2D eigenvalue weighted by molar-refractivity contribution is 7.98. The van der Waals surface area contributed by atoms with E-state index in [1.165, 1.54) is 24.3 Å². The number of carboxylic acids is 1. The van der Waals surface area contributed by atoms with Crippen LogP contribution in [-0.4, -0.2) is 92.6 Å². The van der Waals surface area contributed by atoms with Crippen LogP contribution < -0.4 is 27.4 Å². The molecule has 1 aromatic heterocycles. The van der Waals surface area contributed by atoms with Crippen molar-refractivity contribution in [1.29, 1.82) is 0 Å². The van der Waals surface area contributed by atoms with Gasteiger partial charge in [-0.25, -0.2) is 9.78 Å². The third-order valence-corrected chi connectivity index (χ3v) is 5.34. The number of aliphatic hydroxyl groups excluding tert-OH is 1. The standard InChI is InChI=1S/C19H31N7O7S/c1-34-5-4-11(20)16(29)24-12(2-3-15(21)28)17(30)25-13(6-10-7-22-9-23-10)18(31)26-14(8-27)19(32)33/h7,9,11-14,27H,2-6,8,20H2,1H3,(H2,21,28)(H,22,23)(H,24,29)(H,25,30)(H,26,31)(H,32,33). The van der Waals surface area contributed by atoms with E-state index in [1.54, 1.807) is 0 Å². The minimum Gasteiger partial charge on any atom is -0.480 e. The summed E-state index contributed by atoms with van der Waals surface area (Å²) < 4.78 is 0. The summed E-state index contributed by atoms with van der Waals surface area (Å²) in [5, 5.41) is 25.3. The number of primary amides is 1. The molecule has 34 heavy (non-hydrogen) atoms. The fourth-order valence-electron chi connectivity index (χ4n) is 2.77. The van der Waals surface area contributed by atoms with Gasteiger partial charge >= 0.3 is 5.97 Å². The Morgan fingerprint density at radius 3 is 2.21 bits per heavy atom. The molecule has 0 aliphatic rings. The van der Waals surface area contributed by atoms with E-state index in [-0.39, 0.29) is 19.3 Å². The SMILES string of the molecule is CSCCC(N)C(=O)NC(CCC(N)=O)C(=O)NC(Cc1cnc[nH]1)C(=O)NC(CO)C(=O)O. The van der Waals surface area contributed by atoms with Crippen molar-refractivity contribution in [2.24, 2.45) is 11.5 Å². The Morgan fingerprint density at radius 1 is 1.06 bits per heavy atom. The van der Waals surface area contributed by atoms with E-state index in [0.29, 0.717) is 17.9 Å². The maximum Gasteiger partial charge on any atom is 0.328 e. The van der Waals surface area contributed by atoms with Crippen molar-refractivity contribution in [3.05, 3.63) is 18.2 Å². The molecule has 1 aromatic rings. The Hall–Kier alpha value is -3.17. The number of amides is 4. The van der Waals surface area contributed by atoms with Gasteiger partial charge < -0.3 is 42.6 Å². The van der Waals surface area contributed by atoms with E-state index in [0.717, 1.165) is 0 Å². The molecule has 190 valence electrons. The second-order valence-electron chi connectivity index (χ2n) is 7.38. The summed E-state index contributed by atoms with van der Waals surface area (Å²) >= 11 is 1.50. The molecule has 0 saturated carbocycles. The van der Waals surface area contributed by atoms with Crippen LogP contribution in [0.1, 0.15) is 25.0 Å².